The van der Waals surface area contributed by atoms with Crippen molar-refractivity contribution < 1.29 is 0 Å². The summed E-state index contributed by atoms with van der Waals surface area (Å²) in [5.41, 5.74) is 0. The molecule has 11 heavy (non-hydrogen) atoms. The minimum atomic E-state index is 0.972. The van der Waals surface area contributed by atoms with E-state index in [9.17, 15) is 0 Å². The topological polar surface area (TPSA) is 15.3 Å². The lowest BCUT2D eigenvalue weighted by atomic mass is 10.3. The van der Waals surface area contributed by atoms with Crippen LogP contribution < -0.4 is 5.32 Å². The van der Waals surface area contributed by atoms with Crippen molar-refractivity contribution >= 4 is 28.4 Å². The molecule has 1 aliphatic rings. The monoisotopic (exact) mass is 286 g/mol. The van der Waals surface area contributed by atoms with Gasteiger partial charge in [-0.2, -0.15) is 0 Å². The van der Waals surface area contributed by atoms with Crippen LogP contribution in [0.1, 0.15) is 19.3 Å². The highest BCUT2D eigenvalue weighted by Gasteiger charge is 2.04. The summed E-state index contributed by atoms with van der Waals surface area (Å²) in [6.07, 6.45) is 5.00. The minimum Gasteiger partial charge on any atom is -0.317 e. The summed E-state index contributed by atoms with van der Waals surface area (Å²) < 4.78 is 2.56. The highest BCUT2D eigenvalue weighted by molar-refractivity contribution is 14.2. The van der Waals surface area contributed by atoms with Gasteiger partial charge in [-0.1, -0.05) is 0 Å². The highest BCUT2D eigenvalue weighted by atomic mass is 127. The molecule has 1 saturated heterocycles. The van der Waals surface area contributed by atoms with Crippen molar-refractivity contribution in [3.63, 3.8) is 0 Å². The minimum absolute atomic E-state index is 0.972. The number of nitrogens with zero attached hydrogens (tertiary/aromatic N) is 1. The van der Waals surface area contributed by atoms with Crippen molar-refractivity contribution in [1.29, 1.82) is 0 Å². The van der Waals surface area contributed by atoms with Crippen molar-refractivity contribution in [2.24, 2.45) is 0 Å². The molecular formula is C7H16IN2P. The predicted octanol–water partition coefficient (Wildman–Crippen LogP) is 2.01. The SMILES string of the molecule is IPN1CCCCNCCC1. The number of hydrogen-bond acceptors (Lipinski definition) is 2. The molecule has 0 radical (unpaired) electrons. The van der Waals surface area contributed by atoms with Crippen LogP contribution in [0.25, 0.3) is 0 Å². The fourth-order valence-electron chi connectivity index (χ4n) is 1.27. The third-order valence-corrected chi connectivity index (χ3v) is 4.67. The van der Waals surface area contributed by atoms with E-state index in [4.69, 9.17) is 0 Å². The zero-order valence-corrected chi connectivity index (χ0v) is 9.93. The van der Waals surface area contributed by atoms with Crippen molar-refractivity contribution in [3.8, 4) is 0 Å². The highest BCUT2D eigenvalue weighted by Crippen LogP contribution is 2.27. The summed E-state index contributed by atoms with van der Waals surface area (Å²) in [5.74, 6) is 0. The number of hydrogen-bond donors (Lipinski definition) is 1. The van der Waals surface area contributed by atoms with Gasteiger partial charge < -0.3 is 5.32 Å². The van der Waals surface area contributed by atoms with Gasteiger partial charge in [-0.25, -0.2) is 0 Å². The number of rotatable bonds is 1. The van der Waals surface area contributed by atoms with Crippen molar-refractivity contribution in [2.75, 3.05) is 26.2 Å². The molecule has 1 atom stereocenters. The maximum Gasteiger partial charge on any atom is 0.0161 e. The molecule has 1 aliphatic heterocycles. The van der Waals surface area contributed by atoms with Crippen LogP contribution in [0.2, 0.25) is 0 Å². The van der Waals surface area contributed by atoms with E-state index in [-0.39, 0.29) is 0 Å². The van der Waals surface area contributed by atoms with E-state index in [1.54, 1.807) is 0 Å². The van der Waals surface area contributed by atoms with Gasteiger partial charge >= 0.3 is 0 Å². The Balaban J connectivity index is 2.19. The van der Waals surface area contributed by atoms with Gasteiger partial charge in [0.25, 0.3) is 0 Å². The second-order valence-electron chi connectivity index (χ2n) is 2.88. The number of halogens is 1. The van der Waals surface area contributed by atoms with E-state index in [1.807, 2.05) is 0 Å². The van der Waals surface area contributed by atoms with E-state index < -0.39 is 0 Å². The third kappa shape index (κ3) is 4.61. The summed E-state index contributed by atoms with van der Waals surface area (Å²) in [6.45, 7) is 5.02. The molecule has 0 bridgehead atoms. The average molecular weight is 286 g/mol. The normalized spacial score (nSPS) is 24.8. The van der Waals surface area contributed by atoms with Crippen LogP contribution in [-0.2, 0) is 0 Å². The van der Waals surface area contributed by atoms with Gasteiger partial charge in [0, 0.05) is 19.5 Å². The maximum atomic E-state index is 3.45. The molecule has 0 spiro atoms. The summed E-state index contributed by atoms with van der Waals surface area (Å²) in [5, 5.41) is 3.45. The zero-order chi connectivity index (χ0) is 7.94. The molecule has 0 aliphatic carbocycles. The second kappa shape index (κ2) is 6.58. The first kappa shape index (κ1) is 10.2. The summed E-state index contributed by atoms with van der Waals surface area (Å²) in [4.78, 5) is 0. The Morgan fingerprint density at radius 1 is 1.09 bits per heavy atom. The van der Waals surface area contributed by atoms with Crippen LogP contribution in [0.3, 0.4) is 0 Å². The Morgan fingerprint density at radius 2 is 1.82 bits per heavy atom. The van der Waals surface area contributed by atoms with E-state index in [0.717, 1.165) is 6.37 Å². The Morgan fingerprint density at radius 3 is 2.64 bits per heavy atom. The van der Waals surface area contributed by atoms with Gasteiger partial charge in [0.15, 0.2) is 0 Å². The maximum absolute atomic E-state index is 3.45. The summed E-state index contributed by atoms with van der Waals surface area (Å²) in [7, 11) is 0. The van der Waals surface area contributed by atoms with Crippen LogP contribution in [0, 0.1) is 0 Å². The van der Waals surface area contributed by atoms with Crippen molar-refractivity contribution in [2.45, 2.75) is 19.3 Å². The van der Waals surface area contributed by atoms with E-state index >= 15 is 0 Å². The van der Waals surface area contributed by atoms with Crippen LogP contribution in [0.15, 0.2) is 0 Å². The van der Waals surface area contributed by atoms with E-state index in [1.165, 1.54) is 45.4 Å². The molecule has 1 fully saturated rings. The fourth-order valence-corrected chi connectivity index (χ4v) is 3.20. The summed E-state index contributed by atoms with van der Waals surface area (Å²) >= 11 is 2.48. The average Bonchev–Trinajstić information content (AvgIpc) is 2.16. The third-order valence-electron chi connectivity index (χ3n) is 1.93. The van der Waals surface area contributed by atoms with E-state index in [0.29, 0.717) is 0 Å². The molecule has 1 rings (SSSR count). The van der Waals surface area contributed by atoms with E-state index in [2.05, 4.69) is 32.0 Å². The molecule has 0 aromatic carbocycles. The first-order chi connectivity index (χ1) is 5.43. The molecule has 0 saturated carbocycles. The smallest absolute Gasteiger partial charge is 0.0161 e. The second-order valence-corrected chi connectivity index (χ2v) is 5.13. The molecule has 1 N–H and O–H groups in total. The molecule has 2 nitrogen and oxygen atoms in total. The first-order valence-electron chi connectivity index (χ1n) is 4.25. The quantitative estimate of drug-likeness (QED) is 0.586. The van der Waals surface area contributed by atoms with Gasteiger partial charge in [-0.05, 0) is 54.4 Å². The Kier molecular flexibility index (Phi) is 6.08. The first-order valence-corrected chi connectivity index (χ1v) is 8.31. The van der Waals surface area contributed by atoms with Gasteiger partial charge in [0.1, 0.15) is 0 Å². The zero-order valence-electron chi connectivity index (χ0n) is 6.77. The van der Waals surface area contributed by atoms with Crippen LogP contribution in [-0.4, -0.2) is 30.8 Å². The van der Waals surface area contributed by atoms with Gasteiger partial charge in [0.2, 0.25) is 0 Å². The lowest BCUT2D eigenvalue weighted by Crippen LogP contribution is -2.18. The lowest BCUT2D eigenvalue weighted by Gasteiger charge is -2.16. The standard InChI is InChI=1S/C7H16IN2P/c8-11-10-6-2-1-4-9-5-3-7-10/h9,11H,1-7H2. The van der Waals surface area contributed by atoms with Crippen LogP contribution in [0.4, 0.5) is 0 Å². The van der Waals surface area contributed by atoms with Gasteiger partial charge in [-0.3, -0.25) is 4.67 Å². The molecule has 0 aromatic rings. The molecule has 4 heteroatoms. The Bertz CT molecular complexity index is 92.4. The predicted molar refractivity (Wildman–Crippen MR) is 60.6 cm³/mol. The lowest BCUT2D eigenvalue weighted by molar-refractivity contribution is 0.457. The fraction of sp³-hybridized carbons (Fsp3) is 1.00. The van der Waals surface area contributed by atoms with Crippen molar-refractivity contribution in [1.82, 2.24) is 9.99 Å². The molecule has 1 unspecified atom stereocenters. The summed E-state index contributed by atoms with van der Waals surface area (Å²) in [6, 6.07) is 0. The molecule has 1 heterocycles. The van der Waals surface area contributed by atoms with Crippen molar-refractivity contribution in [3.05, 3.63) is 0 Å². The molecule has 0 aromatic heterocycles. The van der Waals surface area contributed by atoms with Gasteiger partial charge in [-0.15, -0.1) is 0 Å². The van der Waals surface area contributed by atoms with Crippen LogP contribution in [0.5, 0.6) is 0 Å². The molecular weight excluding hydrogens is 270 g/mol. The number of nitrogens with one attached hydrogen (secondary N) is 1. The Labute approximate surface area is 83.8 Å². The molecule has 66 valence electrons. The van der Waals surface area contributed by atoms with Crippen LogP contribution >= 0.6 is 28.4 Å². The largest absolute Gasteiger partial charge is 0.317 e. The Hall–Kier alpha value is 1.08. The van der Waals surface area contributed by atoms with Gasteiger partial charge in [0.05, 0.1) is 0 Å². The molecule has 0 amide bonds.